The van der Waals surface area contributed by atoms with Crippen LogP contribution in [0.1, 0.15) is 159 Å². The van der Waals surface area contributed by atoms with Crippen molar-refractivity contribution in [3.63, 3.8) is 0 Å². The van der Waals surface area contributed by atoms with E-state index in [1.54, 1.807) is 0 Å². The normalized spacial score (nSPS) is 14.4. The third-order valence-electron chi connectivity index (χ3n) is 12.6. The summed E-state index contributed by atoms with van der Waals surface area (Å²) in [6.45, 7) is 20.1. The van der Waals surface area contributed by atoms with Crippen LogP contribution >= 0.6 is 0 Å². The summed E-state index contributed by atoms with van der Waals surface area (Å²) in [5, 5.41) is 11.9. The molecular formula is C54H75N3O4. The largest absolute Gasteiger partial charge is 0.507 e. The van der Waals surface area contributed by atoms with Crippen LogP contribution < -0.4 is 14.2 Å². The molecule has 3 atom stereocenters. The molecule has 0 saturated heterocycles. The Kier molecular flexibility index (Phi) is 19.1. The molecule has 7 nitrogen and oxygen atoms in total. The van der Waals surface area contributed by atoms with E-state index in [4.69, 9.17) is 24.2 Å². The number of rotatable bonds is 26. The number of unbranched alkanes of at least 4 members (excludes halogenated alkanes) is 3. The molecule has 0 spiro atoms. The summed E-state index contributed by atoms with van der Waals surface area (Å²) in [6.07, 6.45) is 18.5. The molecule has 1 aromatic heterocycles. The first-order chi connectivity index (χ1) is 29.7. The average Bonchev–Trinajstić information content (AvgIpc) is 3.63. The van der Waals surface area contributed by atoms with Crippen molar-refractivity contribution in [2.75, 3.05) is 19.8 Å². The maximum atomic E-state index is 11.9. The van der Waals surface area contributed by atoms with Crippen molar-refractivity contribution < 1.29 is 19.3 Å². The first-order valence-electron chi connectivity index (χ1n) is 23.7. The minimum absolute atomic E-state index is 0.177. The predicted octanol–water partition coefficient (Wildman–Crippen LogP) is 14.3. The van der Waals surface area contributed by atoms with E-state index in [9.17, 15) is 5.11 Å². The summed E-state index contributed by atoms with van der Waals surface area (Å²) in [6, 6.07) is 22.8. The average molecular weight is 830 g/mol. The number of allylic oxidation sites excluding steroid dienone is 1. The number of hydrogen-bond donors (Lipinski definition) is 1. The molecule has 0 saturated carbocycles. The monoisotopic (exact) mass is 830 g/mol. The van der Waals surface area contributed by atoms with Gasteiger partial charge in [-0.3, -0.25) is 0 Å². The predicted molar refractivity (Wildman–Crippen MR) is 256 cm³/mol. The van der Waals surface area contributed by atoms with Gasteiger partial charge in [-0.15, -0.1) is 0 Å². The van der Waals surface area contributed by atoms with Crippen LogP contribution in [0.4, 0.5) is 0 Å². The maximum absolute atomic E-state index is 11.9. The maximum Gasteiger partial charge on any atom is 0.163 e. The third kappa shape index (κ3) is 13.1. The second kappa shape index (κ2) is 24.6. The molecule has 3 aromatic carbocycles. The Hall–Kier alpha value is -4.78. The van der Waals surface area contributed by atoms with Crippen molar-refractivity contribution in [2.24, 2.45) is 27.7 Å². The van der Waals surface area contributed by atoms with Crippen molar-refractivity contribution >= 4 is 17.2 Å². The highest BCUT2D eigenvalue weighted by Crippen LogP contribution is 2.39. The smallest absolute Gasteiger partial charge is 0.163 e. The van der Waals surface area contributed by atoms with E-state index in [1.165, 1.54) is 37.7 Å². The number of nitrogens with zero attached hydrogens (tertiary/aromatic N) is 3. The molecule has 0 bridgehead atoms. The van der Waals surface area contributed by atoms with Gasteiger partial charge in [0.15, 0.2) is 5.84 Å². The summed E-state index contributed by atoms with van der Waals surface area (Å²) >= 11 is 0. The summed E-state index contributed by atoms with van der Waals surface area (Å²) in [5.74, 6) is 4.45. The zero-order valence-corrected chi connectivity index (χ0v) is 38.8. The standard InChI is InChI=1S/C54H75N3O4/c1-9-15-22-41(12-4)36-59-50-32-28-45(52(58)39(50)7)47-30-31-48(49-27-21-34-57(49)35-44-25-19-18-20-26-44)56-54(55-47)46-29-33-51(60-37-42(13-5)23-16-10-2)40(8)53(46)61-38-43(14-6)24-17-11-3/h18-21,25-30,32-34,41-43,58H,9-17,22-24,31,35-38H2,1-8H3. The van der Waals surface area contributed by atoms with Gasteiger partial charge in [-0.2, -0.15) is 0 Å². The number of aromatic hydroxyl groups is 1. The molecule has 61 heavy (non-hydrogen) atoms. The Labute approximate surface area is 368 Å². The lowest BCUT2D eigenvalue weighted by molar-refractivity contribution is 0.220. The molecule has 3 unspecified atom stereocenters. The molecule has 330 valence electrons. The van der Waals surface area contributed by atoms with Crippen molar-refractivity contribution in [3.05, 3.63) is 113 Å². The Morgan fingerprint density at radius 3 is 1.75 bits per heavy atom. The Morgan fingerprint density at radius 1 is 0.623 bits per heavy atom. The summed E-state index contributed by atoms with van der Waals surface area (Å²) in [7, 11) is 0. The van der Waals surface area contributed by atoms with Crippen molar-refractivity contribution in [3.8, 4) is 23.0 Å². The van der Waals surface area contributed by atoms with Gasteiger partial charge in [0.05, 0.1) is 42.5 Å². The van der Waals surface area contributed by atoms with Gasteiger partial charge in [0.2, 0.25) is 0 Å². The molecule has 7 heteroatoms. The van der Waals surface area contributed by atoms with Crippen LogP contribution in [0, 0.1) is 31.6 Å². The Bertz CT molecular complexity index is 2040. The van der Waals surface area contributed by atoms with E-state index in [2.05, 4.69) is 120 Å². The van der Waals surface area contributed by atoms with Crippen LogP contribution in [0.3, 0.4) is 0 Å². The Morgan fingerprint density at radius 2 is 1.18 bits per heavy atom. The lowest BCUT2D eigenvalue weighted by Crippen LogP contribution is -2.16. The van der Waals surface area contributed by atoms with E-state index in [0.29, 0.717) is 72.4 Å². The first kappa shape index (κ1) is 47.3. The van der Waals surface area contributed by atoms with Crippen LogP contribution in [-0.2, 0) is 6.54 Å². The van der Waals surface area contributed by atoms with Crippen molar-refractivity contribution in [1.82, 2.24) is 4.57 Å². The fourth-order valence-electron chi connectivity index (χ4n) is 8.15. The molecule has 1 N–H and O–H groups in total. The second-order valence-electron chi connectivity index (χ2n) is 17.1. The zero-order valence-electron chi connectivity index (χ0n) is 38.8. The van der Waals surface area contributed by atoms with Gasteiger partial charge in [0, 0.05) is 35.9 Å². The molecule has 4 aromatic rings. The summed E-state index contributed by atoms with van der Waals surface area (Å²) in [4.78, 5) is 10.8. The SMILES string of the molecule is CCCCC(CC)COc1ccc(C2=CCC(c3cccn3Cc3ccccc3)=NC(c3ccc(OCC(CC)CCCC)c(C)c3OCC(CC)CCCC)=N2)c(O)c1C. The highest BCUT2D eigenvalue weighted by Gasteiger charge is 2.24. The van der Waals surface area contributed by atoms with Gasteiger partial charge in [-0.1, -0.05) is 136 Å². The zero-order chi connectivity index (χ0) is 43.6. The molecule has 1 aliphatic heterocycles. The third-order valence-corrected chi connectivity index (χ3v) is 12.6. The lowest BCUT2D eigenvalue weighted by atomic mass is 10.00. The van der Waals surface area contributed by atoms with E-state index in [1.807, 2.05) is 19.1 Å². The molecule has 0 amide bonds. The number of ether oxygens (including phenoxy) is 3. The van der Waals surface area contributed by atoms with Crippen LogP contribution in [0.5, 0.6) is 23.0 Å². The van der Waals surface area contributed by atoms with Crippen molar-refractivity contribution in [2.45, 2.75) is 145 Å². The summed E-state index contributed by atoms with van der Waals surface area (Å²) in [5.41, 5.74) is 6.93. The Balaban J connectivity index is 1.60. The molecular weight excluding hydrogens is 755 g/mol. The second-order valence-corrected chi connectivity index (χ2v) is 17.1. The number of phenols is 1. The van der Waals surface area contributed by atoms with Gasteiger partial charge in [-0.25, -0.2) is 9.98 Å². The molecule has 0 fully saturated rings. The molecule has 0 radical (unpaired) electrons. The van der Waals surface area contributed by atoms with Gasteiger partial charge in [-0.05, 0) is 92.8 Å². The highest BCUT2D eigenvalue weighted by molar-refractivity contribution is 6.16. The lowest BCUT2D eigenvalue weighted by Gasteiger charge is -2.22. The molecule has 2 heterocycles. The van der Waals surface area contributed by atoms with E-state index in [0.717, 1.165) is 85.5 Å². The molecule has 5 rings (SSSR count). The van der Waals surface area contributed by atoms with E-state index < -0.39 is 0 Å². The number of aliphatic imine (C=N–C) groups is 2. The fourth-order valence-corrected chi connectivity index (χ4v) is 8.15. The first-order valence-corrected chi connectivity index (χ1v) is 23.7. The molecule has 0 aliphatic carbocycles. The van der Waals surface area contributed by atoms with Crippen LogP contribution in [0.15, 0.2) is 89.0 Å². The minimum Gasteiger partial charge on any atom is -0.507 e. The van der Waals surface area contributed by atoms with Gasteiger partial charge >= 0.3 is 0 Å². The van der Waals surface area contributed by atoms with Gasteiger partial charge < -0.3 is 23.9 Å². The fraction of sp³-hybridized carbons (Fsp3) is 0.519. The van der Waals surface area contributed by atoms with Crippen LogP contribution in [0.2, 0.25) is 0 Å². The number of aromatic nitrogens is 1. The van der Waals surface area contributed by atoms with Crippen LogP contribution in [0.25, 0.3) is 5.70 Å². The van der Waals surface area contributed by atoms with Gasteiger partial charge in [0.25, 0.3) is 0 Å². The highest BCUT2D eigenvalue weighted by atomic mass is 16.5. The number of benzene rings is 3. The molecule has 1 aliphatic rings. The van der Waals surface area contributed by atoms with E-state index >= 15 is 0 Å². The topological polar surface area (TPSA) is 77.6 Å². The number of amidine groups is 1. The summed E-state index contributed by atoms with van der Waals surface area (Å²) < 4.78 is 22.2. The van der Waals surface area contributed by atoms with Crippen LogP contribution in [-0.4, -0.2) is 41.0 Å². The number of phenolic OH excluding ortho intramolecular Hbond substituents is 1. The minimum atomic E-state index is 0.177. The van der Waals surface area contributed by atoms with E-state index in [-0.39, 0.29) is 5.75 Å². The van der Waals surface area contributed by atoms with Gasteiger partial charge in [0.1, 0.15) is 23.0 Å². The quantitative estimate of drug-likeness (QED) is 0.0684. The number of hydrogen-bond acceptors (Lipinski definition) is 6. The van der Waals surface area contributed by atoms with Crippen molar-refractivity contribution in [1.29, 1.82) is 0 Å².